The molecule has 2 aromatic rings. The number of nitrogens with one attached hydrogen (secondary N) is 1. The lowest BCUT2D eigenvalue weighted by Crippen LogP contribution is -1.78. The van der Waals surface area contributed by atoms with E-state index in [0.717, 1.165) is 14.9 Å². The van der Waals surface area contributed by atoms with E-state index in [9.17, 15) is 0 Å². The van der Waals surface area contributed by atoms with Crippen molar-refractivity contribution < 1.29 is 0 Å². The first kappa shape index (κ1) is 8.16. The van der Waals surface area contributed by atoms with Crippen molar-refractivity contribution in [3.8, 4) is 0 Å². The Bertz CT molecular complexity index is 410. The molecule has 12 heavy (non-hydrogen) atoms. The smallest absolute Gasteiger partial charge is 0.0466 e. The fourth-order valence-corrected chi connectivity index (χ4v) is 1.91. The summed E-state index contributed by atoms with van der Waals surface area (Å²) in [4.78, 5) is 4.21. The predicted molar refractivity (Wildman–Crippen MR) is 56.0 cm³/mol. The number of hydrogen-bond donors (Lipinski definition) is 2. The lowest BCUT2D eigenvalue weighted by atomic mass is 10.2. The Morgan fingerprint density at radius 2 is 2.25 bits per heavy atom. The summed E-state index contributed by atoms with van der Waals surface area (Å²) >= 11 is 4.71. The standard InChI is InChI=1S/C8H7BrN2S/c9-7-4-11-8-2-1-5(12-10)3-6(7)8/h1-4,11H,10H2. The van der Waals surface area contributed by atoms with Crippen LogP contribution in [0.4, 0.5) is 0 Å². The Kier molecular flexibility index (Phi) is 2.12. The molecule has 0 fully saturated rings. The quantitative estimate of drug-likeness (QED) is 0.756. The predicted octanol–water partition coefficient (Wildman–Crippen LogP) is 2.90. The fourth-order valence-electron chi connectivity index (χ4n) is 1.14. The maximum Gasteiger partial charge on any atom is 0.0466 e. The van der Waals surface area contributed by atoms with E-state index < -0.39 is 0 Å². The van der Waals surface area contributed by atoms with Crippen molar-refractivity contribution in [1.29, 1.82) is 0 Å². The van der Waals surface area contributed by atoms with Gasteiger partial charge in [-0.1, -0.05) is 0 Å². The maximum absolute atomic E-state index is 5.45. The zero-order valence-electron chi connectivity index (χ0n) is 6.17. The number of aromatic nitrogens is 1. The van der Waals surface area contributed by atoms with Crippen LogP contribution in [0.1, 0.15) is 0 Å². The van der Waals surface area contributed by atoms with Crippen molar-refractivity contribution in [2.75, 3.05) is 0 Å². The number of aromatic amines is 1. The van der Waals surface area contributed by atoms with Crippen LogP contribution in [-0.4, -0.2) is 4.98 Å². The summed E-state index contributed by atoms with van der Waals surface area (Å²) in [6.07, 6.45) is 1.93. The molecule has 1 aromatic heterocycles. The Morgan fingerprint density at radius 1 is 1.42 bits per heavy atom. The molecule has 0 aliphatic carbocycles. The van der Waals surface area contributed by atoms with E-state index in [4.69, 9.17) is 5.14 Å². The lowest BCUT2D eigenvalue weighted by molar-refractivity contribution is 1.45. The molecular formula is C8H7BrN2S. The largest absolute Gasteiger partial charge is 0.360 e. The summed E-state index contributed by atoms with van der Waals surface area (Å²) in [6, 6.07) is 6.08. The van der Waals surface area contributed by atoms with Gasteiger partial charge in [-0.25, -0.2) is 0 Å². The molecule has 1 aromatic carbocycles. The van der Waals surface area contributed by atoms with Crippen LogP contribution >= 0.6 is 27.9 Å². The van der Waals surface area contributed by atoms with Crippen LogP contribution in [0.5, 0.6) is 0 Å². The molecule has 0 saturated carbocycles. The van der Waals surface area contributed by atoms with Gasteiger partial charge in [-0.3, -0.25) is 5.14 Å². The van der Waals surface area contributed by atoms with Gasteiger partial charge >= 0.3 is 0 Å². The number of halogens is 1. The van der Waals surface area contributed by atoms with Gasteiger partial charge in [0.1, 0.15) is 0 Å². The van der Waals surface area contributed by atoms with Gasteiger partial charge in [-0.15, -0.1) is 0 Å². The third-order valence-electron chi connectivity index (χ3n) is 1.74. The Morgan fingerprint density at radius 3 is 3.00 bits per heavy atom. The van der Waals surface area contributed by atoms with E-state index in [1.807, 2.05) is 18.3 Å². The summed E-state index contributed by atoms with van der Waals surface area (Å²) in [5, 5.41) is 6.62. The lowest BCUT2D eigenvalue weighted by Gasteiger charge is -1.95. The van der Waals surface area contributed by atoms with Crippen LogP contribution in [0, 0.1) is 0 Å². The van der Waals surface area contributed by atoms with Crippen molar-refractivity contribution in [2.45, 2.75) is 4.90 Å². The topological polar surface area (TPSA) is 41.8 Å². The molecule has 2 rings (SSSR count). The Hall–Kier alpha value is -0.450. The SMILES string of the molecule is NSc1ccc2[nH]cc(Br)c2c1. The number of hydrogen-bond acceptors (Lipinski definition) is 2. The van der Waals surface area contributed by atoms with Crippen molar-refractivity contribution in [3.05, 3.63) is 28.9 Å². The van der Waals surface area contributed by atoms with Gasteiger partial charge in [0, 0.05) is 26.5 Å². The average molecular weight is 243 g/mol. The molecule has 0 aliphatic heterocycles. The summed E-state index contributed by atoms with van der Waals surface area (Å²) in [7, 11) is 0. The summed E-state index contributed by atoms with van der Waals surface area (Å²) in [5.41, 5.74) is 1.12. The van der Waals surface area contributed by atoms with Crippen molar-refractivity contribution in [3.63, 3.8) is 0 Å². The van der Waals surface area contributed by atoms with Gasteiger partial charge in [-0.05, 0) is 46.1 Å². The molecule has 62 valence electrons. The number of fused-ring (bicyclic) bond motifs is 1. The fraction of sp³-hybridized carbons (Fsp3) is 0. The highest BCUT2D eigenvalue weighted by Gasteiger charge is 2.00. The highest BCUT2D eigenvalue weighted by atomic mass is 79.9. The molecule has 0 unspecified atom stereocenters. The van der Waals surface area contributed by atoms with Crippen molar-refractivity contribution in [2.24, 2.45) is 5.14 Å². The number of rotatable bonds is 1. The van der Waals surface area contributed by atoms with Crippen LogP contribution in [0.25, 0.3) is 10.9 Å². The maximum atomic E-state index is 5.45. The van der Waals surface area contributed by atoms with Crippen LogP contribution in [0.2, 0.25) is 0 Å². The third-order valence-corrected chi connectivity index (χ3v) is 2.92. The van der Waals surface area contributed by atoms with E-state index >= 15 is 0 Å². The van der Waals surface area contributed by atoms with E-state index in [-0.39, 0.29) is 0 Å². The normalized spacial score (nSPS) is 10.8. The highest BCUT2D eigenvalue weighted by Crippen LogP contribution is 2.26. The van der Waals surface area contributed by atoms with Crippen LogP contribution < -0.4 is 5.14 Å². The number of benzene rings is 1. The minimum atomic E-state index is 1.07. The zero-order chi connectivity index (χ0) is 8.55. The highest BCUT2D eigenvalue weighted by molar-refractivity contribution is 9.10. The number of nitrogens with two attached hydrogens (primary N) is 1. The molecule has 0 aliphatic rings. The van der Waals surface area contributed by atoms with Gasteiger partial charge in [0.25, 0.3) is 0 Å². The van der Waals surface area contributed by atoms with Crippen LogP contribution in [-0.2, 0) is 0 Å². The first-order chi connectivity index (χ1) is 5.81. The van der Waals surface area contributed by atoms with Gasteiger partial charge in [0.15, 0.2) is 0 Å². The molecule has 0 amide bonds. The number of H-pyrrole nitrogens is 1. The van der Waals surface area contributed by atoms with E-state index in [2.05, 4.69) is 27.0 Å². The van der Waals surface area contributed by atoms with Crippen molar-refractivity contribution in [1.82, 2.24) is 4.98 Å². The Labute approximate surface area is 82.8 Å². The second kappa shape index (κ2) is 3.12. The van der Waals surface area contributed by atoms with Crippen molar-refractivity contribution >= 4 is 38.8 Å². The molecule has 2 nitrogen and oxygen atoms in total. The van der Waals surface area contributed by atoms with E-state index in [1.54, 1.807) is 0 Å². The summed E-state index contributed by atoms with van der Waals surface area (Å²) in [6.45, 7) is 0. The van der Waals surface area contributed by atoms with Gasteiger partial charge < -0.3 is 4.98 Å². The van der Waals surface area contributed by atoms with Gasteiger partial charge in [-0.2, -0.15) is 0 Å². The van der Waals surface area contributed by atoms with E-state index in [1.165, 1.54) is 17.3 Å². The molecule has 0 spiro atoms. The third kappa shape index (κ3) is 1.26. The first-order valence-electron chi connectivity index (χ1n) is 3.44. The van der Waals surface area contributed by atoms with Gasteiger partial charge in [0.05, 0.1) is 0 Å². The van der Waals surface area contributed by atoms with Crippen LogP contribution in [0.15, 0.2) is 33.8 Å². The van der Waals surface area contributed by atoms with E-state index in [0.29, 0.717) is 0 Å². The summed E-state index contributed by atoms with van der Waals surface area (Å²) in [5.74, 6) is 0. The molecule has 1 heterocycles. The van der Waals surface area contributed by atoms with Crippen LogP contribution in [0.3, 0.4) is 0 Å². The second-order valence-corrected chi connectivity index (χ2v) is 4.02. The first-order valence-corrected chi connectivity index (χ1v) is 5.12. The zero-order valence-corrected chi connectivity index (χ0v) is 8.58. The Balaban J connectivity index is 2.71. The summed E-state index contributed by atoms with van der Waals surface area (Å²) < 4.78 is 1.08. The molecule has 0 radical (unpaired) electrons. The molecule has 0 atom stereocenters. The molecule has 3 N–H and O–H groups in total. The molecule has 0 saturated heterocycles. The average Bonchev–Trinajstić information content (AvgIpc) is 2.47. The molecular weight excluding hydrogens is 236 g/mol. The van der Waals surface area contributed by atoms with Gasteiger partial charge in [0.2, 0.25) is 0 Å². The second-order valence-electron chi connectivity index (χ2n) is 2.46. The monoisotopic (exact) mass is 242 g/mol. The molecule has 4 heteroatoms. The minimum absolute atomic E-state index is 1.07. The minimum Gasteiger partial charge on any atom is -0.360 e. The molecule has 0 bridgehead atoms.